The van der Waals surface area contributed by atoms with Crippen molar-refractivity contribution in [2.24, 2.45) is 0 Å². The molecule has 0 bridgehead atoms. The Hall–Kier alpha value is -1.56. The number of aromatic nitrogens is 2. The predicted molar refractivity (Wildman–Crippen MR) is 64.9 cm³/mol. The molecule has 0 aliphatic heterocycles. The molecule has 0 spiro atoms. The smallest absolute Gasteiger partial charge is 0.213 e. The molecule has 2 aromatic rings. The molecule has 3 N–H and O–H groups in total. The molecule has 0 saturated carbocycles. The third kappa shape index (κ3) is 2.52. The minimum Gasteiger partial charge on any atom is -0.444 e. The summed E-state index contributed by atoms with van der Waals surface area (Å²) in [6.07, 6.45) is 3.36. The van der Waals surface area contributed by atoms with E-state index in [9.17, 15) is 0 Å². The van der Waals surface area contributed by atoms with Gasteiger partial charge in [0.2, 0.25) is 5.89 Å². The van der Waals surface area contributed by atoms with Gasteiger partial charge in [-0.2, -0.15) is 0 Å². The number of rotatable bonds is 3. The van der Waals surface area contributed by atoms with Gasteiger partial charge in [-0.05, 0) is 28.9 Å². The van der Waals surface area contributed by atoms with Gasteiger partial charge < -0.3 is 15.5 Å². The molecule has 0 fully saturated rings. The molecule has 6 heteroatoms. The lowest BCUT2D eigenvalue weighted by Crippen LogP contribution is -2.04. The molecular weight excluding hydrogens is 272 g/mol. The number of aryl methyl sites for hydroxylation is 1. The fraction of sp³-hybridized carbons (Fsp3) is 0.200. The molecule has 0 radical (unpaired) electrons. The van der Waals surface area contributed by atoms with Crippen LogP contribution in [0.25, 0.3) is 0 Å². The summed E-state index contributed by atoms with van der Waals surface area (Å²) in [4.78, 5) is 8.22. The summed E-state index contributed by atoms with van der Waals surface area (Å²) < 4.78 is 6.17. The fourth-order valence-electron chi connectivity index (χ4n) is 1.25. The monoisotopic (exact) mass is 282 g/mol. The van der Waals surface area contributed by atoms with Crippen molar-refractivity contribution in [3.8, 4) is 0 Å². The number of anilines is 2. The molecule has 16 heavy (non-hydrogen) atoms. The maximum Gasteiger partial charge on any atom is 0.213 e. The molecule has 2 rings (SSSR count). The van der Waals surface area contributed by atoms with Crippen molar-refractivity contribution >= 4 is 27.4 Å². The number of nitrogens with one attached hydrogen (secondary N) is 1. The van der Waals surface area contributed by atoms with Gasteiger partial charge in [0.1, 0.15) is 11.6 Å². The van der Waals surface area contributed by atoms with E-state index in [1.54, 1.807) is 18.5 Å². The first-order valence-corrected chi connectivity index (χ1v) is 5.50. The fourth-order valence-corrected chi connectivity index (χ4v) is 1.59. The highest BCUT2D eigenvalue weighted by Crippen LogP contribution is 2.20. The molecule has 84 valence electrons. The Morgan fingerprint density at radius 1 is 1.44 bits per heavy atom. The van der Waals surface area contributed by atoms with Crippen LogP contribution in [-0.2, 0) is 6.54 Å². The Balaban J connectivity index is 2.04. The highest BCUT2D eigenvalue weighted by Gasteiger charge is 2.04. The van der Waals surface area contributed by atoms with Crippen LogP contribution >= 0.6 is 15.9 Å². The van der Waals surface area contributed by atoms with E-state index in [0.29, 0.717) is 23.9 Å². The number of hydrogen-bond donors (Lipinski definition) is 2. The second-order valence-electron chi connectivity index (χ2n) is 3.31. The summed E-state index contributed by atoms with van der Waals surface area (Å²) >= 11 is 3.29. The minimum atomic E-state index is 0.465. The molecule has 0 aromatic carbocycles. The molecule has 0 saturated heterocycles. The number of hydrogen-bond acceptors (Lipinski definition) is 5. The first-order valence-electron chi connectivity index (χ1n) is 4.71. The van der Waals surface area contributed by atoms with Crippen molar-refractivity contribution in [2.45, 2.75) is 13.5 Å². The lowest BCUT2D eigenvalue weighted by atomic mass is 10.4. The van der Waals surface area contributed by atoms with Gasteiger partial charge >= 0.3 is 0 Å². The van der Waals surface area contributed by atoms with Gasteiger partial charge in [-0.3, -0.25) is 0 Å². The highest BCUT2D eigenvalue weighted by molar-refractivity contribution is 9.10. The van der Waals surface area contributed by atoms with Crippen LogP contribution in [0.2, 0.25) is 0 Å². The van der Waals surface area contributed by atoms with Crippen molar-refractivity contribution < 1.29 is 4.42 Å². The average Bonchev–Trinajstić information content (AvgIpc) is 2.63. The van der Waals surface area contributed by atoms with Gasteiger partial charge in [-0.25, -0.2) is 9.97 Å². The molecule has 0 amide bonds. The lowest BCUT2D eigenvalue weighted by molar-refractivity contribution is 0.479. The molecule has 0 unspecified atom stereocenters. The van der Waals surface area contributed by atoms with Crippen LogP contribution in [-0.4, -0.2) is 9.97 Å². The Morgan fingerprint density at radius 2 is 2.25 bits per heavy atom. The van der Waals surface area contributed by atoms with Crippen LogP contribution in [0, 0.1) is 6.92 Å². The summed E-state index contributed by atoms with van der Waals surface area (Å²) in [6, 6.07) is 1.79. The summed E-state index contributed by atoms with van der Waals surface area (Å²) in [5, 5.41) is 3.06. The van der Waals surface area contributed by atoms with E-state index in [1.807, 2.05) is 6.92 Å². The van der Waals surface area contributed by atoms with Crippen LogP contribution in [0.15, 0.2) is 27.3 Å². The predicted octanol–water partition coefficient (Wildman–Crippen LogP) is 2.33. The Labute approximate surface area is 101 Å². The van der Waals surface area contributed by atoms with Crippen molar-refractivity contribution in [2.75, 3.05) is 11.1 Å². The Morgan fingerprint density at radius 3 is 2.88 bits per heavy atom. The summed E-state index contributed by atoms with van der Waals surface area (Å²) in [5.74, 6) is 2.02. The van der Waals surface area contributed by atoms with Gasteiger partial charge in [-0.1, -0.05) is 0 Å². The number of nitrogens with two attached hydrogens (primary N) is 1. The standard InChI is InChI=1S/C10H11BrN4O/c1-6-3-13-9(16-6)5-15-10-8(12)2-7(11)4-14-10/h2-4H,5,12H2,1H3,(H,14,15). The third-order valence-corrected chi connectivity index (χ3v) is 2.39. The molecule has 5 nitrogen and oxygen atoms in total. The van der Waals surface area contributed by atoms with Crippen LogP contribution in [0.4, 0.5) is 11.5 Å². The number of halogens is 1. The molecule has 2 heterocycles. The maximum absolute atomic E-state index is 5.78. The minimum absolute atomic E-state index is 0.465. The van der Waals surface area contributed by atoms with Crippen molar-refractivity contribution in [3.05, 3.63) is 34.6 Å². The van der Waals surface area contributed by atoms with E-state index in [2.05, 4.69) is 31.2 Å². The SMILES string of the molecule is Cc1cnc(CNc2ncc(Br)cc2N)o1. The quantitative estimate of drug-likeness (QED) is 0.904. The Kier molecular flexibility index (Phi) is 3.09. The van der Waals surface area contributed by atoms with Gasteiger partial charge in [0, 0.05) is 10.7 Å². The van der Waals surface area contributed by atoms with Crippen LogP contribution in [0.5, 0.6) is 0 Å². The van der Waals surface area contributed by atoms with Crippen molar-refractivity contribution in [1.82, 2.24) is 9.97 Å². The maximum atomic E-state index is 5.78. The summed E-state index contributed by atoms with van der Waals surface area (Å²) in [6.45, 7) is 2.31. The van der Waals surface area contributed by atoms with E-state index in [-0.39, 0.29) is 0 Å². The van der Waals surface area contributed by atoms with E-state index in [1.165, 1.54) is 0 Å². The zero-order valence-corrected chi connectivity index (χ0v) is 10.3. The van der Waals surface area contributed by atoms with Crippen LogP contribution in [0.1, 0.15) is 11.7 Å². The van der Waals surface area contributed by atoms with Crippen molar-refractivity contribution in [3.63, 3.8) is 0 Å². The van der Waals surface area contributed by atoms with Gasteiger partial charge in [0.15, 0.2) is 0 Å². The van der Waals surface area contributed by atoms with E-state index in [0.717, 1.165) is 10.2 Å². The number of nitrogens with zero attached hydrogens (tertiary/aromatic N) is 2. The van der Waals surface area contributed by atoms with E-state index >= 15 is 0 Å². The zero-order chi connectivity index (χ0) is 11.5. The largest absolute Gasteiger partial charge is 0.444 e. The highest BCUT2D eigenvalue weighted by atomic mass is 79.9. The topological polar surface area (TPSA) is 77.0 Å². The lowest BCUT2D eigenvalue weighted by Gasteiger charge is -2.06. The van der Waals surface area contributed by atoms with E-state index in [4.69, 9.17) is 10.2 Å². The van der Waals surface area contributed by atoms with Crippen LogP contribution < -0.4 is 11.1 Å². The molecule has 0 atom stereocenters. The van der Waals surface area contributed by atoms with Crippen molar-refractivity contribution in [1.29, 1.82) is 0 Å². The molecule has 2 aromatic heterocycles. The zero-order valence-electron chi connectivity index (χ0n) is 8.70. The van der Waals surface area contributed by atoms with Gasteiger partial charge in [0.25, 0.3) is 0 Å². The number of oxazole rings is 1. The average molecular weight is 283 g/mol. The molecule has 0 aliphatic rings. The van der Waals surface area contributed by atoms with Gasteiger partial charge in [0.05, 0.1) is 18.4 Å². The Bertz CT molecular complexity index is 497. The number of pyridine rings is 1. The van der Waals surface area contributed by atoms with Gasteiger partial charge in [-0.15, -0.1) is 0 Å². The molecular formula is C10H11BrN4O. The number of nitrogen functional groups attached to an aromatic ring is 1. The summed E-state index contributed by atoms with van der Waals surface area (Å²) in [5.41, 5.74) is 6.37. The first kappa shape index (κ1) is 10.9. The summed E-state index contributed by atoms with van der Waals surface area (Å²) in [7, 11) is 0. The third-order valence-electron chi connectivity index (χ3n) is 1.96. The second-order valence-corrected chi connectivity index (χ2v) is 4.23. The molecule has 0 aliphatic carbocycles. The first-order chi connectivity index (χ1) is 7.65. The van der Waals surface area contributed by atoms with E-state index < -0.39 is 0 Å². The second kappa shape index (κ2) is 4.52. The normalized spacial score (nSPS) is 10.4. The van der Waals surface area contributed by atoms with Crippen LogP contribution in [0.3, 0.4) is 0 Å².